The molecule has 0 saturated carbocycles. The molecule has 0 unspecified atom stereocenters. The Hall–Kier alpha value is -2.82. The van der Waals surface area contributed by atoms with E-state index in [1.54, 1.807) is 30.9 Å². The summed E-state index contributed by atoms with van der Waals surface area (Å²) in [6.07, 6.45) is 1.94. The van der Waals surface area contributed by atoms with E-state index >= 15 is 0 Å². The molecule has 0 aromatic heterocycles. The third kappa shape index (κ3) is 4.19. The molecular formula is C23H28N2O3. The fraction of sp³-hybridized carbons (Fsp3) is 0.391. The van der Waals surface area contributed by atoms with Crippen LogP contribution >= 0.6 is 0 Å². The molecule has 1 aliphatic heterocycles. The zero-order valence-corrected chi connectivity index (χ0v) is 17.0. The topological polar surface area (TPSA) is 58.6 Å². The molecular weight excluding hydrogens is 352 g/mol. The largest absolute Gasteiger partial charge is 0.491 e. The summed E-state index contributed by atoms with van der Waals surface area (Å²) in [6.45, 7) is 7.91. The number of benzene rings is 2. The molecule has 0 saturated heterocycles. The average Bonchev–Trinajstić information content (AvgIpc) is 2.68. The molecule has 0 radical (unpaired) electrons. The summed E-state index contributed by atoms with van der Waals surface area (Å²) in [6, 6.07) is 15.1. The van der Waals surface area contributed by atoms with Crippen molar-refractivity contribution in [2.75, 3.05) is 16.8 Å². The summed E-state index contributed by atoms with van der Waals surface area (Å²) in [5, 5.41) is 2.86. The van der Waals surface area contributed by atoms with E-state index in [4.69, 9.17) is 4.74 Å². The van der Waals surface area contributed by atoms with Crippen LogP contribution in [0.15, 0.2) is 48.5 Å². The van der Waals surface area contributed by atoms with Crippen LogP contribution in [0.5, 0.6) is 5.75 Å². The maximum absolute atomic E-state index is 13.2. The molecule has 2 aromatic rings. The summed E-state index contributed by atoms with van der Waals surface area (Å²) in [5.41, 5.74) is 1.52. The van der Waals surface area contributed by atoms with Gasteiger partial charge in [0.15, 0.2) is 0 Å². The molecule has 1 heterocycles. The summed E-state index contributed by atoms with van der Waals surface area (Å²) >= 11 is 0. The summed E-state index contributed by atoms with van der Waals surface area (Å²) in [5.74, 6) is 0.239. The van der Waals surface area contributed by atoms with E-state index in [9.17, 15) is 9.59 Å². The summed E-state index contributed by atoms with van der Waals surface area (Å²) in [7, 11) is 0. The van der Waals surface area contributed by atoms with Crippen LogP contribution in [-0.2, 0) is 16.0 Å². The van der Waals surface area contributed by atoms with Gasteiger partial charge in [0.25, 0.3) is 0 Å². The first-order chi connectivity index (χ1) is 13.3. The van der Waals surface area contributed by atoms with Crippen molar-refractivity contribution in [1.82, 2.24) is 0 Å². The number of anilines is 2. The molecule has 0 bridgehead atoms. The molecule has 0 spiro atoms. The van der Waals surface area contributed by atoms with E-state index in [0.717, 1.165) is 29.8 Å². The molecule has 5 nitrogen and oxygen atoms in total. The highest BCUT2D eigenvalue weighted by molar-refractivity contribution is 6.15. The standard InChI is InChI=1S/C23H28N2O3/c1-16(2)28-19-13-11-18(12-14-19)24-21(26)23(3,4)22(27)25-15-7-9-17-8-5-6-10-20(17)25/h5-6,8,10-14,16H,7,9,15H2,1-4H3,(H,24,26). The number of nitrogens with zero attached hydrogens (tertiary/aromatic N) is 1. The van der Waals surface area contributed by atoms with Gasteiger partial charge in [-0.25, -0.2) is 0 Å². The third-order valence-corrected chi connectivity index (χ3v) is 4.94. The van der Waals surface area contributed by atoms with E-state index in [1.165, 1.54) is 0 Å². The average molecular weight is 380 g/mol. The highest BCUT2D eigenvalue weighted by Crippen LogP contribution is 2.32. The van der Waals surface area contributed by atoms with Gasteiger partial charge < -0.3 is 15.0 Å². The number of aryl methyl sites for hydroxylation is 1. The van der Waals surface area contributed by atoms with Gasteiger partial charge in [0.1, 0.15) is 11.2 Å². The molecule has 3 rings (SSSR count). The molecule has 1 aliphatic rings. The lowest BCUT2D eigenvalue weighted by molar-refractivity contribution is -0.136. The van der Waals surface area contributed by atoms with E-state index < -0.39 is 5.41 Å². The predicted octanol–water partition coefficient (Wildman–Crippen LogP) is 4.42. The monoisotopic (exact) mass is 380 g/mol. The molecule has 0 atom stereocenters. The molecule has 0 fully saturated rings. The van der Waals surface area contributed by atoms with Gasteiger partial charge in [0.05, 0.1) is 6.10 Å². The smallest absolute Gasteiger partial charge is 0.242 e. The quantitative estimate of drug-likeness (QED) is 0.781. The van der Waals surface area contributed by atoms with Gasteiger partial charge >= 0.3 is 0 Å². The minimum absolute atomic E-state index is 0.0874. The van der Waals surface area contributed by atoms with Crippen molar-refractivity contribution in [1.29, 1.82) is 0 Å². The highest BCUT2D eigenvalue weighted by atomic mass is 16.5. The fourth-order valence-corrected chi connectivity index (χ4v) is 3.36. The lowest BCUT2D eigenvalue weighted by Gasteiger charge is -2.35. The zero-order chi connectivity index (χ0) is 20.3. The number of para-hydroxylation sites is 1. The Morgan fingerprint density at radius 3 is 2.43 bits per heavy atom. The first-order valence-electron chi connectivity index (χ1n) is 9.77. The number of fused-ring (bicyclic) bond motifs is 1. The number of amides is 2. The number of carbonyl (C=O) groups is 2. The fourth-order valence-electron chi connectivity index (χ4n) is 3.36. The molecule has 1 N–H and O–H groups in total. The van der Waals surface area contributed by atoms with Gasteiger partial charge in [-0.15, -0.1) is 0 Å². The van der Waals surface area contributed by atoms with Gasteiger partial charge in [-0.2, -0.15) is 0 Å². The van der Waals surface area contributed by atoms with E-state index in [1.807, 2.05) is 50.2 Å². The van der Waals surface area contributed by atoms with Gasteiger partial charge in [-0.05, 0) is 76.4 Å². The van der Waals surface area contributed by atoms with Gasteiger partial charge in [0, 0.05) is 17.9 Å². The number of hydrogen-bond donors (Lipinski definition) is 1. The summed E-state index contributed by atoms with van der Waals surface area (Å²) < 4.78 is 5.62. The van der Waals surface area contributed by atoms with Crippen molar-refractivity contribution in [3.05, 3.63) is 54.1 Å². The molecule has 5 heteroatoms. The maximum atomic E-state index is 13.2. The van der Waals surface area contributed by atoms with Crippen LogP contribution in [0.2, 0.25) is 0 Å². The Kier molecular flexibility index (Phi) is 5.73. The number of ether oxygens (including phenoxy) is 1. The minimum Gasteiger partial charge on any atom is -0.491 e. The van der Waals surface area contributed by atoms with Crippen molar-refractivity contribution in [3.63, 3.8) is 0 Å². The van der Waals surface area contributed by atoms with Crippen molar-refractivity contribution in [3.8, 4) is 5.75 Å². The Labute approximate surface area is 166 Å². The second-order valence-electron chi connectivity index (χ2n) is 7.96. The second-order valence-corrected chi connectivity index (χ2v) is 7.96. The Morgan fingerprint density at radius 2 is 1.75 bits per heavy atom. The van der Waals surface area contributed by atoms with Crippen molar-refractivity contribution in [2.24, 2.45) is 5.41 Å². The minimum atomic E-state index is -1.18. The lowest BCUT2D eigenvalue weighted by atomic mass is 9.88. The van der Waals surface area contributed by atoms with Crippen molar-refractivity contribution < 1.29 is 14.3 Å². The normalized spacial score (nSPS) is 13.8. The SMILES string of the molecule is CC(C)Oc1ccc(NC(=O)C(C)(C)C(=O)N2CCCc3ccccc32)cc1. The van der Waals surface area contributed by atoms with E-state index in [2.05, 4.69) is 5.32 Å². The first kappa shape index (κ1) is 19.9. The molecule has 0 aliphatic carbocycles. The Balaban J connectivity index is 1.73. The third-order valence-electron chi connectivity index (χ3n) is 4.94. The van der Waals surface area contributed by atoms with Crippen molar-refractivity contribution >= 4 is 23.2 Å². The van der Waals surface area contributed by atoms with Gasteiger partial charge in [-0.3, -0.25) is 9.59 Å². The van der Waals surface area contributed by atoms with Crippen LogP contribution in [0.25, 0.3) is 0 Å². The Morgan fingerprint density at radius 1 is 1.07 bits per heavy atom. The lowest BCUT2D eigenvalue weighted by Crippen LogP contribution is -2.49. The maximum Gasteiger partial charge on any atom is 0.242 e. The molecule has 2 amide bonds. The van der Waals surface area contributed by atoms with Crippen molar-refractivity contribution in [2.45, 2.75) is 46.6 Å². The zero-order valence-electron chi connectivity index (χ0n) is 17.0. The van der Waals surface area contributed by atoms with Crippen LogP contribution in [0, 0.1) is 5.41 Å². The number of carbonyl (C=O) groups excluding carboxylic acids is 2. The second kappa shape index (κ2) is 8.05. The van der Waals surface area contributed by atoms with E-state index in [0.29, 0.717) is 12.2 Å². The van der Waals surface area contributed by atoms with Gasteiger partial charge in [-0.1, -0.05) is 18.2 Å². The van der Waals surface area contributed by atoms with Gasteiger partial charge in [0.2, 0.25) is 11.8 Å². The Bertz CT molecular complexity index is 856. The molecule has 2 aromatic carbocycles. The van der Waals surface area contributed by atoms with Crippen LogP contribution in [0.1, 0.15) is 39.7 Å². The van der Waals surface area contributed by atoms with E-state index in [-0.39, 0.29) is 17.9 Å². The molecule has 148 valence electrons. The number of rotatable bonds is 5. The predicted molar refractivity (Wildman–Crippen MR) is 112 cm³/mol. The highest BCUT2D eigenvalue weighted by Gasteiger charge is 2.40. The van der Waals surface area contributed by atoms with Crippen LogP contribution < -0.4 is 15.0 Å². The van der Waals surface area contributed by atoms with Crippen LogP contribution in [0.4, 0.5) is 11.4 Å². The van der Waals surface area contributed by atoms with Crippen LogP contribution in [-0.4, -0.2) is 24.5 Å². The number of hydrogen-bond acceptors (Lipinski definition) is 3. The molecule has 28 heavy (non-hydrogen) atoms. The first-order valence-corrected chi connectivity index (χ1v) is 9.77. The number of nitrogens with one attached hydrogen (secondary N) is 1. The summed E-state index contributed by atoms with van der Waals surface area (Å²) in [4.78, 5) is 27.9. The van der Waals surface area contributed by atoms with Crippen LogP contribution in [0.3, 0.4) is 0 Å².